The number of hydrogen-bond acceptors (Lipinski definition) is 5. The second kappa shape index (κ2) is 7.87. The predicted octanol–water partition coefficient (Wildman–Crippen LogP) is 2.81. The summed E-state index contributed by atoms with van der Waals surface area (Å²) in [5.41, 5.74) is 1.96. The maximum Gasteiger partial charge on any atom is 0.251 e. The van der Waals surface area contributed by atoms with E-state index in [4.69, 9.17) is 4.74 Å². The molecule has 3 aromatic rings. The molecule has 0 unspecified atom stereocenters. The van der Waals surface area contributed by atoms with Crippen LogP contribution in [0.2, 0.25) is 0 Å². The smallest absolute Gasteiger partial charge is 0.251 e. The minimum Gasteiger partial charge on any atom is -0.364 e. The number of rotatable bonds is 6. The summed E-state index contributed by atoms with van der Waals surface area (Å²) in [5.74, 6) is -0.488. The molecule has 0 aliphatic rings. The number of fused-ring (bicyclic) bond motifs is 1. The zero-order chi connectivity index (χ0) is 17.6. The molecular formula is C18H17N3O3S. The molecule has 128 valence electrons. The first-order valence-corrected chi connectivity index (χ1v) is 8.51. The van der Waals surface area contributed by atoms with Crippen molar-refractivity contribution in [1.82, 2.24) is 10.3 Å². The van der Waals surface area contributed by atoms with E-state index in [1.165, 1.54) is 0 Å². The van der Waals surface area contributed by atoms with Crippen molar-refractivity contribution in [2.45, 2.75) is 6.61 Å². The fourth-order valence-corrected chi connectivity index (χ4v) is 3.20. The summed E-state index contributed by atoms with van der Waals surface area (Å²) >= 11 is 1.55. The highest BCUT2D eigenvalue weighted by Crippen LogP contribution is 2.21. The standard InChI is InChI=1S/C18H17N3O3S/c1-19-18(23)12-5-4-6-13(9-12)20-16(22)10-24-11-17-21-14-7-2-3-8-15(14)25-17/h2-9H,10-11H2,1H3,(H,19,23)(H,20,22). The van der Waals surface area contributed by atoms with Crippen molar-refractivity contribution in [2.24, 2.45) is 0 Å². The number of carbonyl (C=O) groups excluding carboxylic acids is 2. The number of nitrogens with one attached hydrogen (secondary N) is 2. The minimum absolute atomic E-state index is 0.0832. The lowest BCUT2D eigenvalue weighted by atomic mass is 10.2. The Hall–Kier alpha value is -2.77. The van der Waals surface area contributed by atoms with Crippen molar-refractivity contribution in [2.75, 3.05) is 19.0 Å². The van der Waals surface area contributed by atoms with Crippen molar-refractivity contribution in [3.8, 4) is 0 Å². The van der Waals surface area contributed by atoms with Crippen LogP contribution >= 0.6 is 11.3 Å². The van der Waals surface area contributed by atoms with Crippen LogP contribution in [0.25, 0.3) is 10.2 Å². The van der Waals surface area contributed by atoms with Gasteiger partial charge in [0.05, 0.1) is 16.8 Å². The molecule has 2 aromatic carbocycles. The maximum atomic E-state index is 12.0. The SMILES string of the molecule is CNC(=O)c1cccc(NC(=O)COCc2nc3ccccc3s2)c1. The number of aromatic nitrogens is 1. The second-order valence-electron chi connectivity index (χ2n) is 5.28. The Balaban J connectivity index is 1.52. The zero-order valence-corrected chi connectivity index (χ0v) is 14.4. The van der Waals surface area contributed by atoms with Crippen LogP contribution in [0, 0.1) is 0 Å². The van der Waals surface area contributed by atoms with Crippen LogP contribution in [0.5, 0.6) is 0 Å². The summed E-state index contributed by atoms with van der Waals surface area (Å²) in [6.07, 6.45) is 0. The molecule has 0 saturated carbocycles. The van der Waals surface area contributed by atoms with Gasteiger partial charge in [0, 0.05) is 18.3 Å². The fourth-order valence-electron chi connectivity index (χ4n) is 2.29. The van der Waals surface area contributed by atoms with E-state index in [2.05, 4.69) is 15.6 Å². The number of nitrogens with zero attached hydrogens (tertiary/aromatic N) is 1. The first-order chi connectivity index (χ1) is 12.2. The number of carbonyl (C=O) groups is 2. The van der Waals surface area contributed by atoms with Crippen LogP contribution in [0.1, 0.15) is 15.4 Å². The molecule has 0 aliphatic heterocycles. The highest BCUT2D eigenvalue weighted by molar-refractivity contribution is 7.18. The van der Waals surface area contributed by atoms with Crippen molar-refractivity contribution >= 4 is 39.1 Å². The van der Waals surface area contributed by atoms with E-state index >= 15 is 0 Å². The van der Waals surface area contributed by atoms with Gasteiger partial charge in [0.1, 0.15) is 11.6 Å². The first-order valence-electron chi connectivity index (χ1n) is 7.70. The summed E-state index contributed by atoms with van der Waals surface area (Å²) < 4.78 is 6.53. The molecular weight excluding hydrogens is 338 g/mol. The van der Waals surface area contributed by atoms with Gasteiger partial charge in [-0.05, 0) is 30.3 Å². The van der Waals surface area contributed by atoms with Crippen LogP contribution in [0.4, 0.5) is 5.69 Å². The van der Waals surface area contributed by atoms with Crippen molar-refractivity contribution in [1.29, 1.82) is 0 Å². The van der Waals surface area contributed by atoms with E-state index < -0.39 is 0 Å². The largest absolute Gasteiger partial charge is 0.364 e. The predicted molar refractivity (Wildman–Crippen MR) is 97.7 cm³/mol. The topological polar surface area (TPSA) is 80.3 Å². The minimum atomic E-state index is -0.282. The molecule has 3 rings (SSSR count). The summed E-state index contributed by atoms with van der Waals surface area (Å²) in [5, 5.41) is 6.09. The number of amides is 2. The van der Waals surface area contributed by atoms with Gasteiger partial charge in [0.25, 0.3) is 5.91 Å². The molecule has 6 nitrogen and oxygen atoms in total. The highest BCUT2D eigenvalue weighted by Gasteiger charge is 2.08. The second-order valence-corrected chi connectivity index (χ2v) is 6.39. The number of benzene rings is 2. The van der Waals surface area contributed by atoms with E-state index in [0.29, 0.717) is 11.3 Å². The monoisotopic (exact) mass is 355 g/mol. The number of hydrogen-bond donors (Lipinski definition) is 2. The van der Waals surface area contributed by atoms with E-state index in [-0.39, 0.29) is 25.0 Å². The average Bonchev–Trinajstić information content (AvgIpc) is 3.04. The van der Waals surface area contributed by atoms with E-state index in [1.54, 1.807) is 42.6 Å². The molecule has 0 fully saturated rings. The van der Waals surface area contributed by atoms with Gasteiger partial charge in [-0.2, -0.15) is 0 Å². The van der Waals surface area contributed by atoms with Gasteiger partial charge in [0.2, 0.25) is 5.91 Å². The van der Waals surface area contributed by atoms with Gasteiger partial charge in [-0.25, -0.2) is 4.98 Å². The van der Waals surface area contributed by atoms with Gasteiger partial charge in [0.15, 0.2) is 0 Å². The third-order valence-corrected chi connectivity index (χ3v) is 4.44. The number of thiazole rings is 1. The molecule has 0 spiro atoms. The fraction of sp³-hybridized carbons (Fsp3) is 0.167. The van der Waals surface area contributed by atoms with Crippen molar-refractivity contribution in [3.63, 3.8) is 0 Å². The van der Waals surface area contributed by atoms with Gasteiger partial charge in [-0.3, -0.25) is 9.59 Å². The molecule has 25 heavy (non-hydrogen) atoms. The molecule has 0 aliphatic carbocycles. The lowest BCUT2D eigenvalue weighted by Crippen LogP contribution is -2.20. The van der Waals surface area contributed by atoms with Crippen LogP contribution < -0.4 is 10.6 Å². The lowest BCUT2D eigenvalue weighted by Gasteiger charge is -2.07. The number of para-hydroxylation sites is 1. The number of ether oxygens (including phenoxy) is 1. The van der Waals surface area contributed by atoms with E-state index in [0.717, 1.165) is 15.2 Å². The molecule has 1 aromatic heterocycles. The normalized spacial score (nSPS) is 10.6. The quantitative estimate of drug-likeness (QED) is 0.712. The maximum absolute atomic E-state index is 12.0. The number of anilines is 1. The Morgan fingerprint density at radius 1 is 1.16 bits per heavy atom. The molecule has 2 amide bonds. The Kier molecular flexibility index (Phi) is 5.37. The van der Waals surface area contributed by atoms with Gasteiger partial charge >= 0.3 is 0 Å². The van der Waals surface area contributed by atoms with Crippen molar-refractivity contribution in [3.05, 3.63) is 59.1 Å². The van der Waals surface area contributed by atoms with Crippen LogP contribution in [0.15, 0.2) is 48.5 Å². The van der Waals surface area contributed by atoms with Gasteiger partial charge < -0.3 is 15.4 Å². The van der Waals surface area contributed by atoms with Crippen LogP contribution in [0.3, 0.4) is 0 Å². The molecule has 0 saturated heterocycles. The van der Waals surface area contributed by atoms with Gasteiger partial charge in [-0.1, -0.05) is 18.2 Å². The molecule has 2 N–H and O–H groups in total. The van der Waals surface area contributed by atoms with Gasteiger partial charge in [-0.15, -0.1) is 11.3 Å². The highest BCUT2D eigenvalue weighted by atomic mass is 32.1. The van der Waals surface area contributed by atoms with E-state index in [1.807, 2.05) is 24.3 Å². The Labute approximate surface area is 148 Å². The molecule has 0 atom stereocenters. The lowest BCUT2D eigenvalue weighted by molar-refractivity contribution is -0.121. The van der Waals surface area contributed by atoms with Crippen molar-refractivity contribution < 1.29 is 14.3 Å². The third kappa shape index (κ3) is 4.40. The van der Waals surface area contributed by atoms with E-state index in [9.17, 15) is 9.59 Å². The Morgan fingerprint density at radius 3 is 2.80 bits per heavy atom. The summed E-state index contributed by atoms with van der Waals surface area (Å²) in [4.78, 5) is 28.0. The summed E-state index contributed by atoms with van der Waals surface area (Å²) in [7, 11) is 1.56. The molecule has 0 radical (unpaired) electrons. The third-order valence-electron chi connectivity index (χ3n) is 3.43. The summed E-state index contributed by atoms with van der Waals surface area (Å²) in [6.45, 7) is 0.200. The summed E-state index contributed by atoms with van der Waals surface area (Å²) in [6, 6.07) is 14.6. The van der Waals surface area contributed by atoms with Crippen LogP contribution in [-0.4, -0.2) is 30.5 Å². The molecule has 1 heterocycles. The van der Waals surface area contributed by atoms with Crippen LogP contribution in [-0.2, 0) is 16.1 Å². The average molecular weight is 355 g/mol. The molecule has 0 bridgehead atoms. The first kappa shape index (κ1) is 17.1. The molecule has 7 heteroatoms. The Morgan fingerprint density at radius 2 is 2.00 bits per heavy atom. The Bertz CT molecular complexity index is 874. The zero-order valence-electron chi connectivity index (χ0n) is 13.6.